The first kappa shape index (κ1) is 12.8. The van der Waals surface area contributed by atoms with Crippen molar-refractivity contribution in [3.05, 3.63) is 70.7 Å². The molecule has 18 heavy (non-hydrogen) atoms. The Labute approximate surface area is 111 Å². The number of benzene rings is 2. The van der Waals surface area contributed by atoms with Gasteiger partial charge in [-0.3, -0.25) is 4.79 Å². The molecule has 2 rings (SSSR count). The van der Waals surface area contributed by atoms with Crippen LogP contribution in [0, 0.1) is 0 Å². The number of Topliss-reactive ketones (excluding diaryl/α,β-unsaturated/α-hetero) is 1. The number of carbonyl (C=O) groups excluding carboxylic acids is 1. The third-order valence-corrected chi connectivity index (χ3v) is 3.02. The molecule has 0 spiro atoms. The van der Waals surface area contributed by atoms with Crippen molar-refractivity contribution < 1.29 is 4.79 Å². The van der Waals surface area contributed by atoms with Crippen LogP contribution in [0.15, 0.2) is 54.6 Å². The molecule has 0 saturated carbocycles. The fourth-order valence-corrected chi connectivity index (χ4v) is 1.91. The summed E-state index contributed by atoms with van der Waals surface area (Å²) in [7, 11) is 0. The van der Waals surface area contributed by atoms with Gasteiger partial charge < -0.3 is 5.73 Å². The molecular weight excluding hydrogens is 246 g/mol. The standard InChI is InChI=1S/C15H14ClNO/c16-13-8-6-11(7-9-13)10-14(17)15(18)12-4-2-1-3-5-12/h1-9,14H,10,17H2. The van der Waals surface area contributed by atoms with Gasteiger partial charge in [-0.15, -0.1) is 0 Å². The van der Waals surface area contributed by atoms with E-state index in [1.54, 1.807) is 24.3 Å². The molecule has 0 fully saturated rings. The van der Waals surface area contributed by atoms with Crippen molar-refractivity contribution in [2.24, 2.45) is 5.73 Å². The average Bonchev–Trinajstić information content (AvgIpc) is 2.41. The zero-order valence-corrected chi connectivity index (χ0v) is 10.6. The number of nitrogens with two attached hydrogens (primary N) is 1. The Morgan fingerprint density at radius 2 is 1.67 bits per heavy atom. The highest BCUT2D eigenvalue weighted by molar-refractivity contribution is 6.30. The van der Waals surface area contributed by atoms with E-state index >= 15 is 0 Å². The Kier molecular flexibility index (Phi) is 4.13. The monoisotopic (exact) mass is 259 g/mol. The average molecular weight is 260 g/mol. The maximum absolute atomic E-state index is 12.1. The van der Waals surface area contributed by atoms with E-state index in [0.717, 1.165) is 5.56 Å². The first-order valence-electron chi connectivity index (χ1n) is 5.76. The van der Waals surface area contributed by atoms with Crippen LogP contribution in [-0.4, -0.2) is 11.8 Å². The van der Waals surface area contributed by atoms with Crippen LogP contribution in [-0.2, 0) is 6.42 Å². The lowest BCUT2D eigenvalue weighted by atomic mass is 9.98. The van der Waals surface area contributed by atoms with E-state index in [-0.39, 0.29) is 5.78 Å². The minimum atomic E-state index is -0.520. The fraction of sp³-hybridized carbons (Fsp3) is 0.133. The van der Waals surface area contributed by atoms with Crippen LogP contribution < -0.4 is 5.73 Å². The molecule has 0 aliphatic carbocycles. The van der Waals surface area contributed by atoms with E-state index in [0.29, 0.717) is 17.0 Å². The van der Waals surface area contributed by atoms with Crippen LogP contribution in [0.1, 0.15) is 15.9 Å². The lowest BCUT2D eigenvalue weighted by Gasteiger charge is -2.10. The fourth-order valence-electron chi connectivity index (χ4n) is 1.78. The van der Waals surface area contributed by atoms with Gasteiger partial charge in [-0.05, 0) is 24.1 Å². The Morgan fingerprint density at radius 1 is 1.06 bits per heavy atom. The number of rotatable bonds is 4. The van der Waals surface area contributed by atoms with E-state index in [2.05, 4.69) is 0 Å². The molecule has 0 radical (unpaired) electrons. The van der Waals surface area contributed by atoms with Crippen LogP contribution in [0.5, 0.6) is 0 Å². The van der Waals surface area contributed by atoms with Crippen molar-refractivity contribution in [2.45, 2.75) is 12.5 Å². The van der Waals surface area contributed by atoms with E-state index in [1.807, 2.05) is 30.3 Å². The summed E-state index contributed by atoms with van der Waals surface area (Å²) in [6.45, 7) is 0. The van der Waals surface area contributed by atoms with Gasteiger partial charge in [0, 0.05) is 10.6 Å². The van der Waals surface area contributed by atoms with Crippen LogP contribution in [0.2, 0.25) is 5.02 Å². The third kappa shape index (κ3) is 3.19. The van der Waals surface area contributed by atoms with Crippen molar-refractivity contribution in [3.63, 3.8) is 0 Å². The van der Waals surface area contributed by atoms with Crippen molar-refractivity contribution in [2.75, 3.05) is 0 Å². The largest absolute Gasteiger partial charge is 0.321 e. The van der Waals surface area contributed by atoms with Crippen molar-refractivity contribution in [1.82, 2.24) is 0 Å². The second-order valence-corrected chi connectivity index (χ2v) is 4.60. The molecule has 2 nitrogen and oxygen atoms in total. The smallest absolute Gasteiger partial charge is 0.179 e. The molecule has 2 aromatic rings. The van der Waals surface area contributed by atoms with Gasteiger partial charge in [0.2, 0.25) is 0 Å². The molecule has 0 saturated heterocycles. The molecule has 0 bridgehead atoms. The second-order valence-electron chi connectivity index (χ2n) is 4.17. The minimum absolute atomic E-state index is 0.0365. The van der Waals surface area contributed by atoms with Crippen molar-refractivity contribution in [1.29, 1.82) is 0 Å². The van der Waals surface area contributed by atoms with Gasteiger partial charge in [0.15, 0.2) is 5.78 Å². The topological polar surface area (TPSA) is 43.1 Å². The van der Waals surface area contributed by atoms with Gasteiger partial charge in [-0.2, -0.15) is 0 Å². The summed E-state index contributed by atoms with van der Waals surface area (Å²) in [4.78, 5) is 12.1. The summed E-state index contributed by atoms with van der Waals surface area (Å²) < 4.78 is 0. The Balaban J connectivity index is 2.06. The van der Waals surface area contributed by atoms with E-state index in [4.69, 9.17) is 17.3 Å². The van der Waals surface area contributed by atoms with Crippen molar-refractivity contribution in [3.8, 4) is 0 Å². The number of carbonyl (C=O) groups is 1. The molecule has 0 amide bonds. The van der Waals surface area contributed by atoms with Gasteiger partial charge in [-0.25, -0.2) is 0 Å². The molecule has 1 unspecified atom stereocenters. The number of ketones is 1. The summed E-state index contributed by atoms with van der Waals surface area (Å²) >= 11 is 5.81. The molecule has 0 aromatic heterocycles. The zero-order valence-electron chi connectivity index (χ0n) is 9.84. The molecule has 2 N–H and O–H groups in total. The lowest BCUT2D eigenvalue weighted by Crippen LogP contribution is -2.32. The van der Waals surface area contributed by atoms with Gasteiger partial charge in [0.25, 0.3) is 0 Å². The molecule has 0 aliphatic rings. The Bertz CT molecular complexity index is 522. The summed E-state index contributed by atoms with van der Waals surface area (Å²) in [6, 6.07) is 16.0. The van der Waals surface area contributed by atoms with E-state index in [1.165, 1.54) is 0 Å². The number of hydrogen-bond donors (Lipinski definition) is 1. The van der Waals surface area contributed by atoms with Gasteiger partial charge in [0.05, 0.1) is 6.04 Å². The molecular formula is C15H14ClNO. The summed E-state index contributed by atoms with van der Waals surface area (Å²) in [5, 5.41) is 0.682. The van der Waals surface area contributed by atoms with Crippen LogP contribution in [0.3, 0.4) is 0 Å². The maximum Gasteiger partial charge on any atom is 0.179 e. The molecule has 0 aliphatic heterocycles. The molecule has 92 valence electrons. The SMILES string of the molecule is NC(Cc1ccc(Cl)cc1)C(=O)c1ccccc1. The molecule has 3 heteroatoms. The predicted octanol–water partition coefficient (Wildman–Crippen LogP) is 3.09. The highest BCUT2D eigenvalue weighted by atomic mass is 35.5. The first-order chi connectivity index (χ1) is 8.66. The highest BCUT2D eigenvalue weighted by Gasteiger charge is 2.15. The molecule has 0 heterocycles. The normalized spacial score (nSPS) is 12.1. The lowest BCUT2D eigenvalue weighted by molar-refractivity contribution is 0.0961. The van der Waals surface area contributed by atoms with Gasteiger partial charge in [-0.1, -0.05) is 54.1 Å². The van der Waals surface area contributed by atoms with E-state index < -0.39 is 6.04 Å². The molecule has 2 aromatic carbocycles. The van der Waals surface area contributed by atoms with Crippen molar-refractivity contribution >= 4 is 17.4 Å². The summed E-state index contributed by atoms with van der Waals surface area (Å²) in [6.07, 6.45) is 0.519. The second kappa shape index (κ2) is 5.80. The third-order valence-electron chi connectivity index (χ3n) is 2.76. The number of hydrogen-bond acceptors (Lipinski definition) is 2. The van der Waals surface area contributed by atoms with Gasteiger partial charge in [0.1, 0.15) is 0 Å². The predicted molar refractivity (Wildman–Crippen MR) is 73.9 cm³/mol. The first-order valence-corrected chi connectivity index (χ1v) is 6.14. The Morgan fingerprint density at radius 3 is 2.28 bits per heavy atom. The van der Waals surface area contributed by atoms with Crippen LogP contribution in [0.25, 0.3) is 0 Å². The quantitative estimate of drug-likeness (QED) is 0.858. The van der Waals surface area contributed by atoms with Gasteiger partial charge >= 0.3 is 0 Å². The summed E-state index contributed by atoms with van der Waals surface area (Å²) in [5.74, 6) is -0.0365. The summed E-state index contributed by atoms with van der Waals surface area (Å²) in [5.41, 5.74) is 7.60. The molecule has 1 atom stereocenters. The maximum atomic E-state index is 12.1. The zero-order chi connectivity index (χ0) is 13.0. The minimum Gasteiger partial charge on any atom is -0.321 e. The Hall–Kier alpha value is -1.64. The number of halogens is 1. The van der Waals surface area contributed by atoms with E-state index in [9.17, 15) is 4.79 Å². The van der Waals surface area contributed by atoms with Crippen LogP contribution in [0.4, 0.5) is 0 Å². The highest BCUT2D eigenvalue weighted by Crippen LogP contribution is 2.12. The van der Waals surface area contributed by atoms with Crippen LogP contribution >= 0.6 is 11.6 Å².